The highest BCUT2D eigenvalue weighted by Gasteiger charge is 2.18. The molecule has 0 fully saturated rings. The number of nitrogens with zero attached hydrogens (tertiary/aromatic N) is 3. The molecule has 29 heavy (non-hydrogen) atoms. The second kappa shape index (κ2) is 7.65. The zero-order valence-electron chi connectivity index (χ0n) is 15.2. The summed E-state index contributed by atoms with van der Waals surface area (Å²) in [6, 6.07) is 15.2. The molecule has 1 N–H and O–H groups in total. The van der Waals surface area contributed by atoms with Crippen molar-refractivity contribution < 1.29 is 13.2 Å². The van der Waals surface area contributed by atoms with Crippen LogP contribution in [0.3, 0.4) is 0 Å². The van der Waals surface area contributed by atoms with Gasteiger partial charge in [0.05, 0.1) is 28.7 Å². The third-order valence-electron chi connectivity index (χ3n) is 4.27. The summed E-state index contributed by atoms with van der Waals surface area (Å²) in [5.74, 6) is 0.165. The lowest BCUT2D eigenvalue weighted by atomic mass is 10.0. The number of sulfonamides is 1. The van der Waals surface area contributed by atoms with E-state index in [-0.39, 0.29) is 16.5 Å². The molecule has 0 bridgehead atoms. The molecular formula is C20H15ClN4O3S. The zero-order valence-corrected chi connectivity index (χ0v) is 16.8. The Morgan fingerprint density at radius 1 is 1.00 bits per heavy atom. The fraction of sp³-hybridized carbons (Fsp3) is 0.0500. The van der Waals surface area contributed by atoms with E-state index in [1.807, 2.05) is 12.1 Å². The minimum atomic E-state index is -3.80. The van der Waals surface area contributed by atoms with Crippen LogP contribution in [0.2, 0.25) is 5.02 Å². The number of halogens is 1. The summed E-state index contributed by atoms with van der Waals surface area (Å²) < 4.78 is 33.2. The predicted octanol–water partition coefficient (Wildman–Crippen LogP) is 4.15. The number of methoxy groups -OCH3 is 1. The van der Waals surface area contributed by atoms with Crippen molar-refractivity contribution >= 4 is 38.2 Å². The van der Waals surface area contributed by atoms with Crippen LogP contribution in [-0.2, 0) is 10.0 Å². The molecule has 0 aliphatic heterocycles. The van der Waals surface area contributed by atoms with Gasteiger partial charge in [0.25, 0.3) is 10.0 Å². The second-order valence-corrected chi connectivity index (χ2v) is 8.21. The van der Waals surface area contributed by atoms with Gasteiger partial charge in [0.1, 0.15) is 5.69 Å². The number of hydrogen-bond acceptors (Lipinski definition) is 6. The third kappa shape index (κ3) is 3.85. The van der Waals surface area contributed by atoms with Gasteiger partial charge in [-0.1, -0.05) is 35.9 Å². The number of ether oxygens (including phenoxy) is 1. The van der Waals surface area contributed by atoms with E-state index in [1.165, 1.54) is 25.4 Å². The van der Waals surface area contributed by atoms with Crippen LogP contribution in [0.15, 0.2) is 71.9 Å². The third-order valence-corrected chi connectivity index (χ3v) is 5.95. The Balaban J connectivity index is 1.77. The summed E-state index contributed by atoms with van der Waals surface area (Å²) in [4.78, 5) is 4.39. The number of fused-ring (bicyclic) bond motifs is 1. The van der Waals surface area contributed by atoms with Crippen LogP contribution in [-0.4, -0.2) is 30.7 Å². The Morgan fingerprint density at radius 3 is 2.55 bits per heavy atom. The van der Waals surface area contributed by atoms with Gasteiger partial charge < -0.3 is 4.74 Å². The molecule has 0 saturated heterocycles. The maximum atomic E-state index is 12.7. The van der Waals surface area contributed by atoms with Crippen LogP contribution in [0, 0.1) is 0 Å². The van der Waals surface area contributed by atoms with E-state index in [4.69, 9.17) is 16.3 Å². The molecule has 2 aromatic carbocycles. The van der Waals surface area contributed by atoms with Crippen molar-refractivity contribution in [1.29, 1.82) is 0 Å². The fourth-order valence-corrected chi connectivity index (χ4v) is 4.12. The van der Waals surface area contributed by atoms with E-state index in [9.17, 15) is 8.42 Å². The van der Waals surface area contributed by atoms with E-state index < -0.39 is 10.0 Å². The maximum Gasteiger partial charge on any atom is 0.262 e. The molecule has 0 saturated carbocycles. The summed E-state index contributed by atoms with van der Waals surface area (Å²) >= 11 is 6.22. The van der Waals surface area contributed by atoms with Gasteiger partial charge in [-0.05, 0) is 35.9 Å². The van der Waals surface area contributed by atoms with E-state index in [0.29, 0.717) is 16.1 Å². The van der Waals surface area contributed by atoms with Gasteiger partial charge in [-0.3, -0.25) is 4.72 Å². The lowest BCUT2D eigenvalue weighted by molar-refractivity contribution is 0.400. The van der Waals surface area contributed by atoms with E-state index in [0.717, 1.165) is 10.9 Å². The van der Waals surface area contributed by atoms with Crippen LogP contribution in [0.4, 0.5) is 5.69 Å². The summed E-state index contributed by atoms with van der Waals surface area (Å²) in [6.45, 7) is 0. The molecule has 4 rings (SSSR count). The molecule has 0 aliphatic carbocycles. The largest absolute Gasteiger partial charge is 0.480 e. The normalized spacial score (nSPS) is 11.4. The van der Waals surface area contributed by atoms with E-state index in [2.05, 4.69) is 19.9 Å². The van der Waals surface area contributed by atoms with Crippen LogP contribution in [0.25, 0.3) is 22.0 Å². The van der Waals surface area contributed by atoms with Crippen LogP contribution in [0.5, 0.6) is 5.88 Å². The van der Waals surface area contributed by atoms with Crippen molar-refractivity contribution in [3.8, 4) is 17.0 Å². The smallest absolute Gasteiger partial charge is 0.262 e. The van der Waals surface area contributed by atoms with Gasteiger partial charge in [0.15, 0.2) is 0 Å². The van der Waals surface area contributed by atoms with Crippen molar-refractivity contribution in [3.05, 3.63) is 72.0 Å². The lowest BCUT2D eigenvalue weighted by Crippen LogP contribution is -2.14. The average molecular weight is 427 g/mol. The van der Waals surface area contributed by atoms with E-state index in [1.54, 1.807) is 36.5 Å². The number of aromatic nitrogens is 3. The first-order chi connectivity index (χ1) is 14.0. The average Bonchev–Trinajstić information content (AvgIpc) is 2.74. The second-order valence-electron chi connectivity index (χ2n) is 6.12. The topological polar surface area (TPSA) is 94.1 Å². The standard InChI is InChI=1S/C20H15ClN4O3S/c1-28-20-19(25-29(26,27)15-5-3-2-4-6-15)10-14(11-22-20)13-7-8-18-16(9-13)17(21)12-23-24-18/h2-12,25H,1H3. The van der Waals surface area contributed by atoms with Crippen LogP contribution >= 0.6 is 11.6 Å². The fourth-order valence-electron chi connectivity index (χ4n) is 2.85. The molecule has 2 aromatic heterocycles. The predicted molar refractivity (Wildman–Crippen MR) is 112 cm³/mol. The van der Waals surface area contributed by atoms with Crippen molar-refractivity contribution in [2.75, 3.05) is 11.8 Å². The molecule has 0 radical (unpaired) electrons. The van der Waals surface area contributed by atoms with Crippen molar-refractivity contribution in [2.45, 2.75) is 4.90 Å². The Morgan fingerprint density at radius 2 is 1.79 bits per heavy atom. The zero-order chi connectivity index (χ0) is 20.4. The van der Waals surface area contributed by atoms with Crippen LogP contribution in [0.1, 0.15) is 0 Å². The molecule has 7 nitrogen and oxygen atoms in total. The molecule has 0 amide bonds. The molecular weight excluding hydrogens is 412 g/mol. The monoisotopic (exact) mass is 426 g/mol. The SMILES string of the molecule is COc1ncc(-c2ccc3nncc(Cl)c3c2)cc1NS(=O)(=O)c1ccccc1. The summed E-state index contributed by atoms with van der Waals surface area (Å²) in [6.07, 6.45) is 3.07. The summed E-state index contributed by atoms with van der Waals surface area (Å²) in [5, 5.41) is 9.09. The van der Waals surface area contributed by atoms with E-state index >= 15 is 0 Å². The number of benzene rings is 2. The van der Waals surface area contributed by atoms with Gasteiger partial charge in [0, 0.05) is 17.1 Å². The molecule has 0 aliphatic rings. The Kier molecular flexibility index (Phi) is 5.04. The molecule has 0 spiro atoms. The highest BCUT2D eigenvalue weighted by molar-refractivity contribution is 7.92. The van der Waals surface area contributed by atoms with Crippen LogP contribution < -0.4 is 9.46 Å². The molecule has 0 unspecified atom stereocenters. The first-order valence-electron chi connectivity index (χ1n) is 8.51. The number of anilines is 1. The van der Waals surface area contributed by atoms with Gasteiger partial charge in [-0.25, -0.2) is 13.4 Å². The highest BCUT2D eigenvalue weighted by atomic mass is 35.5. The van der Waals surface area contributed by atoms with Crippen molar-refractivity contribution in [3.63, 3.8) is 0 Å². The quantitative estimate of drug-likeness (QED) is 0.515. The van der Waals surface area contributed by atoms with Crippen molar-refractivity contribution in [2.24, 2.45) is 0 Å². The summed E-state index contributed by atoms with van der Waals surface area (Å²) in [5.41, 5.74) is 2.37. The minimum absolute atomic E-state index is 0.142. The van der Waals surface area contributed by atoms with Gasteiger partial charge in [-0.2, -0.15) is 10.2 Å². The number of hydrogen-bond donors (Lipinski definition) is 1. The minimum Gasteiger partial charge on any atom is -0.480 e. The van der Waals surface area contributed by atoms with Gasteiger partial charge in [-0.15, -0.1) is 0 Å². The molecule has 4 aromatic rings. The maximum absolute atomic E-state index is 12.7. The Hall–Kier alpha value is -3.23. The first kappa shape index (κ1) is 19.1. The number of pyridine rings is 1. The van der Waals surface area contributed by atoms with Crippen molar-refractivity contribution in [1.82, 2.24) is 15.2 Å². The van der Waals surface area contributed by atoms with Gasteiger partial charge >= 0.3 is 0 Å². The molecule has 2 heterocycles. The molecule has 146 valence electrons. The van der Waals surface area contributed by atoms with Gasteiger partial charge in [0.2, 0.25) is 5.88 Å². The molecule has 9 heteroatoms. The summed E-state index contributed by atoms with van der Waals surface area (Å²) in [7, 11) is -2.37. The lowest BCUT2D eigenvalue weighted by Gasteiger charge is -2.13. The highest BCUT2D eigenvalue weighted by Crippen LogP contribution is 2.32. The molecule has 0 atom stereocenters. The number of rotatable bonds is 5. The Labute approximate surface area is 172 Å². The Bertz CT molecular complexity index is 1300. The first-order valence-corrected chi connectivity index (χ1v) is 10.4. The number of nitrogens with one attached hydrogen (secondary N) is 1.